The molecule has 0 spiro atoms. The number of phenolic OH excluding ortho intramolecular Hbond substituents is 1. The lowest BCUT2D eigenvalue weighted by Crippen LogP contribution is -2.46. The van der Waals surface area contributed by atoms with Gasteiger partial charge in [0, 0.05) is 49.4 Å². The fraction of sp³-hybridized carbons (Fsp3) is 0.391. The van der Waals surface area contributed by atoms with Crippen LogP contribution in [-0.2, 0) is 6.42 Å². The van der Waals surface area contributed by atoms with E-state index in [2.05, 4.69) is 50.3 Å². The van der Waals surface area contributed by atoms with Crippen LogP contribution in [0.3, 0.4) is 0 Å². The minimum Gasteiger partial charge on any atom is -0.507 e. The van der Waals surface area contributed by atoms with Crippen LogP contribution in [0.25, 0.3) is 11.3 Å². The van der Waals surface area contributed by atoms with E-state index >= 15 is 0 Å². The van der Waals surface area contributed by atoms with Crippen molar-refractivity contribution in [3.63, 3.8) is 0 Å². The molecule has 156 valence electrons. The molecule has 2 aromatic rings. The van der Waals surface area contributed by atoms with Crippen LogP contribution in [0, 0.1) is 0 Å². The van der Waals surface area contributed by atoms with Gasteiger partial charge in [0.15, 0.2) is 0 Å². The summed E-state index contributed by atoms with van der Waals surface area (Å²) in [5.41, 5.74) is 5.26. The number of aromatic hydroxyl groups is 1. The van der Waals surface area contributed by atoms with Crippen molar-refractivity contribution in [2.24, 2.45) is 10.2 Å². The maximum Gasteiger partial charge on any atom is 0.131 e. The third-order valence-electron chi connectivity index (χ3n) is 5.59. The molecular formula is C23H28N6O. The number of aromatic nitrogens is 2. The molecule has 0 atom stereocenters. The van der Waals surface area contributed by atoms with Gasteiger partial charge in [-0.05, 0) is 37.1 Å². The highest BCUT2D eigenvalue weighted by Crippen LogP contribution is 2.28. The number of allylic oxidation sites excluding steroid dienone is 1. The quantitative estimate of drug-likeness (QED) is 0.818. The van der Waals surface area contributed by atoms with Crippen LogP contribution in [0.4, 0.5) is 0 Å². The van der Waals surface area contributed by atoms with Crippen molar-refractivity contribution in [1.82, 2.24) is 20.2 Å². The first kappa shape index (κ1) is 20.2. The van der Waals surface area contributed by atoms with Crippen molar-refractivity contribution >= 4 is 11.5 Å². The number of piperazine rings is 1. The van der Waals surface area contributed by atoms with E-state index in [0.717, 1.165) is 68.2 Å². The molecular weight excluding hydrogens is 376 g/mol. The van der Waals surface area contributed by atoms with Crippen LogP contribution in [-0.4, -0.2) is 57.7 Å². The number of aryl methyl sites for hydroxylation is 1. The Labute approximate surface area is 177 Å². The largest absolute Gasteiger partial charge is 0.507 e. The van der Waals surface area contributed by atoms with Gasteiger partial charge in [0.05, 0.1) is 11.4 Å². The zero-order valence-electron chi connectivity index (χ0n) is 17.6. The molecule has 2 aliphatic heterocycles. The number of nitrogens with one attached hydrogen (secondary N) is 1. The molecule has 30 heavy (non-hydrogen) atoms. The first-order valence-corrected chi connectivity index (χ1v) is 10.6. The Morgan fingerprint density at radius 2 is 1.87 bits per heavy atom. The smallest absolute Gasteiger partial charge is 0.131 e. The van der Waals surface area contributed by atoms with E-state index in [1.165, 1.54) is 5.57 Å². The summed E-state index contributed by atoms with van der Waals surface area (Å²) in [5.74, 6) is 1.18. The highest BCUT2D eigenvalue weighted by molar-refractivity contribution is 6.12. The molecule has 4 rings (SSSR count). The van der Waals surface area contributed by atoms with E-state index < -0.39 is 0 Å². The van der Waals surface area contributed by atoms with Crippen LogP contribution >= 0.6 is 0 Å². The molecule has 0 bridgehead atoms. The third kappa shape index (κ3) is 4.41. The maximum absolute atomic E-state index is 10.8. The molecule has 0 saturated carbocycles. The van der Waals surface area contributed by atoms with E-state index in [-0.39, 0.29) is 5.75 Å². The lowest BCUT2D eigenvalue weighted by molar-refractivity contribution is 0.352. The van der Waals surface area contributed by atoms with Crippen LogP contribution < -0.4 is 5.32 Å². The highest BCUT2D eigenvalue weighted by Gasteiger charge is 2.19. The van der Waals surface area contributed by atoms with Gasteiger partial charge in [-0.1, -0.05) is 25.5 Å². The van der Waals surface area contributed by atoms with Gasteiger partial charge in [-0.3, -0.25) is 0 Å². The number of rotatable bonds is 4. The fourth-order valence-electron chi connectivity index (χ4n) is 3.74. The van der Waals surface area contributed by atoms with E-state index in [9.17, 15) is 5.11 Å². The average Bonchev–Trinajstić information content (AvgIpc) is 3.02. The second-order valence-corrected chi connectivity index (χ2v) is 7.55. The zero-order valence-corrected chi connectivity index (χ0v) is 17.6. The van der Waals surface area contributed by atoms with Gasteiger partial charge >= 0.3 is 0 Å². The highest BCUT2D eigenvalue weighted by atomic mass is 16.3. The number of phenols is 1. The molecule has 1 fully saturated rings. The number of hydrogen-bond donors (Lipinski definition) is 2. The van der Waals surface area contributed by atoms with Gasteiger partial charge in [0.1, 0.15) is 17.9 Å². The predicted octanol–water partition coefficient (Wildman–Crippen LogP) is 3.16. The molecule has 2 aliphatic rings. The van der Waals surface area contributed by atoms with E-state index in [0.29, 0.717) is 11.3 Å². The van der Waals surface area contributed by atoms with Crippen LogP contribution in [0.5, 0.6) is 5.75 Å². The molecule has 0 amide bonds. The van der Waals surface area contributed by atoms with Crippen molar-refractivity contribution in [2.75, 3.05) is 26.2 Å². The second kappa shape index (κ2) is 9.17. The van der Waals surface area contributed by atoms with Crippen LogP contribution in [0.2, 0.25) is 0 Å². The predicted molar refractivity (Wildman–Crippen MR) is 120 cm³/mol. The normalized spacial score (nSPS) is 17.1. The molecule has 0 radical (unpaired) electrons. The molecule has 1 saturated heterocycles. The second-order valence-electron chi connectivity index (χ2n) is 7.55. The van der Waals surface area contributed by atoms with Crippen molar-refractivity contribution in [1.29, 1.82) is 0 Å². The topological polar surface area (TPSA) is 86.0 Å². The molecule has 0 unspecified atom stereocenters. The lowest BCUT2D eigenvalue weighted by Gasteiger charge is -2.29. The van der Waals surface area contributed by atoms with Crippen molar-refractivity contribution in [3.8, 4) is 17.0 Å². The number of nitrogens with zero attached hydrogens (tertiary/aromatic N) is 5. The summed E-state index contributed by atoms with van der Waals surface area (Å²) in [6.45, 7) is 8.02. The molecule has 7 nitrogen and oxygen atoms in total. The standard InChI is InChI=1S/C23H28N6O/c1-3-16-11-21(27-28-23(12-16)29-9-7-24-8-10-29)19-6-5-17(13-22(19)30)20-14-18(4-2)25-15-26-20/h5-6,11,13-15,24,30H,3-4,7-10,12H2,1-2H3. The van der Waals surface area contributed by atoms with Crippen molar-refractivity contribution in [3.05, 3.63) is 53.5 Å². The van der Waals surface area contributed by atoms with Gasteiger partial charge in [-0.25, -0.2) is 9.97 Å². The van der Waals surface area contributed by atoms with E-state index in [1.807, 2.05) is 18.2 Å². The lowest BCUT2D eigenvalue weighted by atomic mass is 10.00. The van der Waals surface area contributed by atoms with E-state index in [4.69, 9.17) is 0 Å². The van der Waals surface area contributed by atoms with Crippen LogP contribution in [0.15, 0.2) is 52.4 Å². The van der Waals surface area contributed by atoms with E-state index in [1.54, 1.807) is 12.4 Å². The summed E-state index contributed by atoms with van der Waals surface area (Å²) in [6, 6.07) is 7.55. The summed E-state index contributed by atoms with van der Waals surface area (Å²) in [6.07, 6.45) is 6.19. The number of amidine groups is 1. The van der Waals surface area contributed by atoms with Crippen molar-refractivity contribution in [2.45, 2.75) is 33.1 Å². The summed E-state index contributed by atoms with van der Waals surface area (Å²) in [7, 11) is 0. The van der Waals surface area contributed by atoms with Gasteiger partial charge < -0.3 is 15.3 Å². The molecule has 3 heterocycles. The Balaban J connectivity index is 1.66. The number of hydrogen-bond acceptors (Lipinski definition) is 7. The summed E-state index contributed by atoms with van der Waals surface area (Å²) in [4.78, 5) is 10.9. The summed E-state index contributed by atoms with van der Waals surface area (Å²) < 4.78 is 0. The van der Waals surface area contributed by atoms with Gasteiger partial charge in [-0.15, -0.1) is 10.2 Å². The maximum atomic E-state index is 10.8. The first-order chi connectivity index (χ1) is 14.7. The Morgan fingerprint density at radius 3 is 2.60 bits per heavy atom. The Morgan fingerprint density at radius 1 is 1.03 bits per heavy atom. The summed E-state index contributed by atoms with van der Waals surface area (Å²) in [5, 5.41) is 23.2. The third-order valence-corrected chi connectivity index (χ3v) is 5.59. The van der Waals surface area contributed by atoms with Crippen molar-refractivity contribution < 1.29 is 5.11 Å². The minimum absolute atomic E-state index is 0.176. The van der Waals surface area contributed by atoms with Crippen LogP contribution in [0.1, 0.15) is 37.9 Å². The molecule has 1 aromatic carbocycles. The Bertz CT molecular complexity index is 1000. The molecule has 1 aromatic heterocycles. The molecule has 2 N–H and O–H groups in total. The SMILES string of the molecule is CCC1=CC(c2ccc(-c3cc(CC)ncn3)cc2O)=NN=C(N2CCNCC2)C1. The Hall–Kier alpha value is -3.06. The zero-order chi connectivity index (χ0) is 20.9. The molecule has 7 heteroatoms. The monoisotopic (exact) mass is 404 g/mol. The van der Waals surface area contributed by atoms with Gasteiger partial charge in [0.2, 0.25) is 0 Å². The summed E-state index contributed by atoms with van der Waals surface area (Å²) >= 11 is 0. The average molecular weight is 405 g/mol. The Kier molecular flexibility index (Phi) is 6.18. The first-order valence-electron chi connectivity index (χ1n) is 10.6. The molecule has 0 aliphatic carbocycles. The minimum atomic E-state index is 0.176. The fourth-order valence-corrected chi connectivity index (χ4v) is 3.74. The number of benzene rings is 1. The van der Waals surface area contributed by atoms with Gasteiger partial charge in [0.25, 0.3) is 0 Å². The van der Waals surface area contributed by atoms with Gasteiger partial charge in [-0.2, -0.15) is 0 Å².